The van der Waals surface area contributed by atoms with E-state index in [1.54, 1.807) is 6.07 Å². The number of nitriles is 1. The third-order valence-corrected chi connectivity index (χ3v) is 3.23. The number of carbonyl (C=O) groups is 2. The van der Waals surface area contributed by atoms with Gasteiger partial charge in [-0.15, -0.1) is 0 Å². The molecule has 6 heteroatoms. The molecular formula is C12H20N4O2. The van der Waals surface area contributed by atoms with E-state index in [2.05, 4.69) is 15.5 Å². The predicted molar refractivity (Wildman–Crippen MR) is 66.5 cm³/mol. The Morgan fingerprint density at radius 2 is 1.89 bits per heavy atom. The van der Waals surface area contributed by atoms with Crippen LogP contribution in [0.25, 0.3) is 0 Å². The van der Waals surface area contributed by atoms with Gasteiger partial charge in [0.25, 0.3) is 0 Å². The molecule has 0 spiro atoms. The Kier molecular flexibility index (Phi) is 6.15. The Morgan fingerprint density at radius 3 is 2.50 bits per heavy atom. The zero-order chi connectivity index (χ0) is 13.4. The van der Waals surface area contributed by atoms with Crippen molar-refractivity contribution in [3.05, 3.63) is 0 Å². The summed E-state index contributed by atoms with van der Waals surface area (Å²) in [5, 5.41) is 13.0. The van der Waals surface area contributed by atoms with E-state index in [1.165, 1.54) is 25.7 Å². The highest BCUT2D eigenvalue weighted by molar-refractivity contribution is 6.35. The zero-order valence-electron chi connectivity index (χ0n) is 10.7. The van der Waals surface area contributed by atoms with Gasteiger partial charge in [-0.2, -0.15) is 5.26 Å². The fraction of sp³-hybridized carbons (Fsp3) is 0.750. The number of nitrogens with one attached hydrogen (secondary N) is 2. The first-order valence-electron chi connectivity index (χ1n) is 6.28. The Morgan fingerprint density at radius 1 is 1.28 bits per heavy atom. The van der Waals surface area contributed by atoms with Crippen molar-refractivity contribution in [3.8, 4) is 6.07 Å². The topological polar surface area (TPSA) is 85.2 Å². The van der Waals surface area contributed by atoms with Gasteiger partial charge in [-0.1, -0.05) is 12.8 Å². The summed E-state index contributed by atoms with van der Waals surface area (Å²) in [7, 11) is 2.04. The van der Waals surface area contributed by atoms with E-state index in [-0.39, 0.29) is 6.54 Å². The highest BCUT2D eigenvalue weighted by Gasteiger charge is 2.19. The second-order valence-electron chi connectivity index (χ2n) is 4.52. The van der Waals surface area contributed by atoms with Crippen LogP contribution in [0.4, 0.5) is 0 Å². The van der Waals surface area contributed by atoms with Gasteiger partial charge in [-0.25, -0.2) is 0 Å². The maximum atomic E-state index is 11.3. The lowest BCUT2D eigenvalue weighted by atomic mass is 10.2. The molecule has 0 saturated heterocycles. The highest BCUT2D eigenvalue weighted by atomic mass is 16.2. The maximum Gasteiger partial charge on any atom is 0.310 e. The molecule has 1 saturated carbocycles. The summed E-state index contributed by atoms with van der Waals surface area (Å²) in [6.45, 7) is 1.04. The smallest absolute Gasteiger partial charge is 0.310 e. The van der Waals surface area contributed by atoms with Crippen LogP contribution < -0.4 is 10.6 Å². The summed E-state index contributed by atoms with van der Waals surface area (Å²) in [6.07, 6.45) is 4.98. The Balaban J connectivity index is 2.14. The number of nitrogens with zero attached hydrogens (tertiary/aromatic N) is 2. The molecule has 0 aromatic rings. The molecule has 100 valence electrons. The first kappa shape index (κ1) is 14.5. The number of rotatable bonds is 5. The van der Waals surface area contributed by atoms with E-state index in [0.717, 1.165) is 6.54 Å². The second kappa shape index (κ2) is 7.67. The van der Waals surface area contributed by atoms with E-state index >= 15 is 0 Å². The molecule has 0 heterocycles. The molecule has 1 fully saturated rings. The van der Waals surface area contributed by atoms with Crippen molar-refractivity contribution >= 4 is 11.8 Å². The van der Waals surface area contributed by atoms with Crippen LogP contribution in [0.5, 0.6) is 0 Å². The second-order valence-corrected chi connectivity index (χ2v) is 4.52. The standard InChI is InChI=1S/C12H20N4O2/c1-16(10-4-2-3-5-10)9-8-15-12(18)11(17)14-7-6-13/h10H,2-5,7-9H2,1H3,(H,14,17)(H,15,18). The molecule has 0 aromatic carbocycles. The van der Waals surface area contributed by atoms with Crippen molar-refractivity contribution in [3.63, 3.8) is 0 Å². The van der Waals surface area contributed by atoms with Gasteiger partial charge < -0.3 is 15.5 Å². The van der Waals surface area contributed by atoms with Gasteiger partial charge in [0.2, 0.25) is 0 Å². The van der Waals surface area contributed by atoms with Crippen LogP contribution in [0.15, 0.2) is 0 Å². The van der Waals surface area contributed by atoms with Crippen LogP contribution in [0.3, 0.4) is 0 Å². The van der Waals surface area contributed by atoms with Gasteiger partial charge >= 0.3 is 11.8 Å². The minimum atomic E-state index is -0.750. The zero-order valence-corrected chi connectivity index (χ0v) is 10.7. The predicted octanol–water partition coefficient (Wildman–Crippen LogP) is -0.383. The third kappa shape index (κ3) is 4.72. The average molecular weight is 252 g/mol. The van der Waals surface area contributed by atoms with Crippen LogP contribution in [0, 0.1) is 11.3 Å². The lowest BCUT2D eigenvalue weighted by Gasteiger charge is -2.23. The minimum absolute atomic E-state index is 0.145. The molecule has 2 N–H and O–H groups in total. The summed E-state index contributed by atoms with van der Waals surface area (Å²) in [4.78, 5) is 24.7. The Hall–Kier alpha value is -1.61. The van der Waals surface area contributed by atoms with Gasteiger partial charge in [0.05, 0.1) is 6.07 Å². The lowest BCUT2D eigenvalue weighted by Crippen LogP contribution is -2.43. The Labute approximate surface area is 107 Å². The Bertz CT molecular complexity index is 331. The molecular weight excluding hydrogens is 232 g/mol. The van der Waals surface area contributed by atoms with Gasteiger partial charge in [0, 0.05) is 19.1 Å². The largest absolute Gasteiger partial charge is 0.347 e. The van der Waals surface area contributed by atoms with E-state index in [0.29, 0.717) is 12.6 Å². The molecule has 18 heavy (non-hydrogen) atoms. The number of hydrogen-bond donors (Lipinski definition) is 2. The third-order valence-electron chi connectivity index (χ3n) is 3.23. The van der Waals surface area contributed by atoms with Crippen LogP contribution in [-0.4, -0.2) is 49.4 Å². The van der Waals surface area contributed by atoms with Crippen molar-refractivity contribution in [1.82, 2.24) is 15.5 Å². The van der Waals surface area contributed by atoms with Gasteiger partial charge in [0.15, 0.2) is 0 Å². The first-order valence-corrected chi connectivity index (χ1v) is 6.28. The molecule has 0 unspecified atom stereocenters. The van der Waals surface area contributed by atoms with Gasteiger partial charge in [-0.3, -0.25) is 9.59 Å². The summed E-state index contributed by atoms with van der Waals surface area (Å²) < 4.78 is 0. The van der Waals surface area contributed by atoms with E-state index < -0.39 is 11.8 Å². The summed E-state index contributed by atoms with van der Waals surface area (Å²) in [5.41, 5.74) is 0. The maximum absolute atomic E-state index is 11.3. The molecule has 2 amide bonds. The summed E-state index contributed by atoms with van der Waals surface area (Å²) in [6, 6.07) is 2.35. The molecule has 0 radical (unpaired) electrons. The van der Waals surface area contributed by atoms with Crippen molar-refractivity contribution in [2.45, 2.75) is 31.7 Å². The monoisotopic (exact) mass is 252 g/mol. The average Bonchev–Trinajstić information content (AvgIpc) is 2.89. The fourth-order valence-electron chi connectivity index (χ4n) is 2.15. The van der Waals surface area contributed by atoms with Gasteiger partial charge in [-0.05, 0) is 19.9 Å². The van der Waals surface area contributed by atoms with Crippen LogP contribution >= 0.6 is 0 Å². The first-order chi connectivity index (χ1) is 8.65. The minimum Gasteiger partial charge on any atom is -0.347 e. The molecule has 0 aliphatic heterocycles. The highest BCUT2D eigenvalue weighted by Crippen LogP contribution is 2.21. The SMILES string of the molecule is CN(CCNC(=O)C(=O)NCC#N)C1CCCC1. The van der Waals surface area contributed by atoms with Gasteiger partial charge in [0.1, 0.15) is 6.54 Å². The van der Waals surface area contributed by atoms with Crippen molar-refractivity contribution in [2.75, 3.05) is 26.7 Å². The number of likely N-dealkylation sites (N-methyl/N-ethyl adjacent to an activating group) is 1. The molecule has 6 nitrogen and oxygen atoms in total. The van der Waals surface area contributed by atoms with Crippen molar-refractivity contribution in [2.24, 2.45) is 0 Å². The van der Waals surface area contributed by atoms with E-state index in [9.17, 15) is 9.59 Å². The molecule has 0 bridgehead atoms. The fourth-order valence-corrected chi connectivity index (χ4v) is 2.15. The molecule has 1 aliphatic carbocycles. The number of carbonyl (C=O) groups excluding carboxylic acids is 2. The number of amides is 2. The summed E-state index contributed by atoms with van der Waals surface area (Å²) >= 11 is 0. The van der Waals surface area contributed by atoms with Crippen molar-refractivity contribution in [1.29, 1.82) is 5.26 Å². The molecule has 0 atom stereocenters. The van der Waals surface area contributed by atoms with Crippen LogP contribution in [0.1, 0.15) is 25.7 Å². The quantitative estimate of drug-likeness (QED) is 0.516. The van der Waals surface area contributed by atoms with Crippen LogP contribution in [-0.2, 0) is 9.59 Å². The normalized spacial score (nSPS) is 15.4. The van der Waals surface area contributed by atoms with Crippen molar-refractivity contribution < 1.29 is 9.59 Å². The molecule has 1 rings (SSSR count). The van der Waals surface area contributed by atoms with E-state index in [1.807, 2.05) is 7.05 Å². The molecule has 1 aliphatic rings. The lowest BCUT2D eigenvalue weighted by molar-refractivity contribution is -0.139. The molecule has 0 aromatic heterocycles. The van der Waals surface area contributed by atoms with E-state index in [4.69, 9.17) is 5.26 Å². The number of hydrogen-bond acceptors (Lipinski definition) is 4. The van der Waals surface area contributed by atoms with Crippen LogP contribution in [0.2, 0.25) is 0 Å². The summed E-state index contributed by atoms with van der Waals surface area (Å²) in [5.74, 6) is -1.43.